The summed E-state index contributed by atoms with van der Waals surface area (Å²) in [5.74, 6) is 0. The van der Waals surface area contributed by atoms with Crippen LogP contribution in [0.1, 0.15) is 218 Å². The Morgan fingerprint density at radius 2 is 0.610 bits per heavy atom. The molecular formula is C40H76N+. The van der Waals surface area contributed by atoms with Gasteiger partial charge < -0.3 is 0 Å². The molecule has 0 aliphatic heterocycles. The number of aromatic nitrogens is 1. The molecule has 0 N–H and O–H groups in total. The smallest absolute Gasteiger partial charge is 0.169 e. The van der Waals surface area contributed by atoms with Gasteiger partial charge in [0.2, 0.25) is 0 Å². The second-order valence-corrected chi connectivity index (χ2v) is 13.4. The van der Waals surface area contributed by atoms with Gasteiger partial charge in [0.25, 0.3) is 0 Å². The molecule has 1 heterocycles. The summed E-state index contributed by atoms with van der Waals surface area (Å²) in [7, 11) is 0. The topological polar surface area (TPSA) is 3.88 Å². The zero-order chi connectivity index (χ0) is 29.3. The number of pyridine rings is 1. The Labute approximate surface area is 260 Å². The fraction of sp³-hybridized carbons (Fsp3) is 0.875. The number of nitrogens with zero attached hydrogens (tertiary/aromatic N) is 1. The molecule has 0 saturated carbocycles. The third-order valence-electron chi connectivity index (χ3n) is 9.30. The monoisotopic (exact) mass is 571 g/mol. The van der Waals surface area contributed by atoms with Crippen molar-refractivity contribution >= 4 is 0 Å². The Morgan fingerprint density at radius 1 is 0.341 bits per heavy atom. The Balaban J connectivity index is 1.81. The van der Waals surface area contributed by atoms with E-state index in [2.05, 4.69) is 42.9 Å². The number of hydrogen-bond acceptors (Lipinski definition) is 0. The van der Waals surface area contributed by atoms with E-state index < -0.39 is 0 Å². The van der Waals surface area contributed by atoms with Crippen LogP contribution in [-0.2, 0) is 13.0 Å². The highest BCUT2D eigenvalue weighted by Crippen LogP contribution is 2.15. The molecule has 0 aliphatic carbocycles. The molecule has 1 rings (SSSR count). The van der Waals surface area contributed by atoms with Gasteiger partial charge in [0.05, 0.1) is 0 Å². The van der Waals surface area contributed by atoms with Gasteiger partial charge in [-0.1, -0.05) is 194 Å². The first-order chi connectivity index (χ1) is 20.4. The third kappa shape index (κ3) is 27.7. The van der Waals surface area contributed by atoms with Crippen LogP contribution in [0.3, 0.4) is 0 Å². The van der Waals surface area contributed by atoms with E-state index in [4.69, 9.17) is 0 Å². The molecule has 41 heavy (non-hydrogen) atoms. The molecule has 0 bridgehead atoms. The van der Waals surface area contributed by atoms with Gasteiger partial charge in [-0.25, -0.2) is 4.57 Å². The molecule has 0 atom stereocenters. The first kappa shape index (κ1) is 38.2. The highest BCUT2D eigenvalue weighted by Gasteiger charge is 2.02. The predicted octanol–water partition coefficient (Wildman–Crippen LogP) is 13.6. The van der Waals surface area contributed by atoms with Crippen LogP contribution in [0.4, 0.5) is 0 Å². The molecule has 0 amide bonds. The van der Waals surface area contributed by atoms with Crippen molar-refractivity contribution in [3.05, 3.63) is 30.1 Å². The van der Waals surface area contributed by atoms with Gasteiger partial charge in [0, 0.05) is 18.6 Å². The van der Waals surface area contributed by atoms with Gasteiger partial charge in [-0.05, 0) is 24.8 Å². The average molecular weight is 571 g/mol. The molecule has 1 heteroatoms. The lowest BCUT2D eigenvalue weighted by Crippen LogP contribution is -2.32. The molecule has 1 nitrogen and oxygen atoms in total. The maximum Gasteiger partial charge on any atom is 0.169 e. The second-order valence-electron chi connectivity index (χ2n) is 13.4. The van der Waals surface area contributed by atoms with Gasteiger partial charge in [-0.3, -0.25) is 0 Å². The van der Waals surface area contributed by atoms with E-state index in [9.17, 15) is 0 Å². The molecular weight excluding hydrogens is 494 g/mol. The molecule has 0 unspecified atom stereocenters. The van der Waals surface area contributed by atoms with Gasteiger partial charge >= 0.3 is 0 Å². The molecule has 240 valence electrons. The van der Waals surface area contributed by atoms with Crippen LogP contribution >= 0.6 is 0 Å². The minimum atomic E-state index is 1.19. The normalized spacial score (nSPS) is 11.5. The van der Waals surface area contributed by atoms with Gasteiger partial charge in [0.1, 0.15) is 6.54 Å². The van der Waals surface area contributed by atoms with Crippen LogP contribution in [0, 0.1) is 0 Å². The van der Waals surface area contributed by atoms with Crippen molar-refractivity contribution in [3.63, 3.8) is 0 Å². The quantitative estimate of drug-likeness (QED) is 0.0584. The van der Waals surface area contributed by atoms with Crippen LogP contribution in [0.2, 0.25) is 0 Å². The van der Waals surface area contributed by atoms with Gasteiger partial charge in [-0.2, -0.15) is 0 Å². The number of rotatable bonds is 33. The van der Waals surface area contributed by atoms with E-state index in [0.29, 0.717) is 0 Å². The number of unbranched alkanes of at least 4 members (excludes halogenated alkanes) is 29. The molecule has 0 aliphatic rings. The largest absolute Gasteiger partial charge is 0.205 e. The van der Waals surface area contributed by atoms with Crippen LogP contribution in [0.25, 0.3) is 0 Å². The van der Waals surface area contributed by atoms with E-state index in [0.717, 1.165) is 0 Å². The lowest BCUT2D eigenvalue weighted by molar-refractivity contribution is -0.697. The summed E-state index contributed by atoms with van der Waals surface area (Å²) in [4.78, 5) is 0. The fourth-order valence-corrected chi connectivity index (χ4v) is 6.35. The molecule has 0 aromatic carbocycles. The van der Waals surface area contributed by atoms with Crippen LogP contribution < -0.4 is 4.57 Å². The first-order valence-corrected chi connectivity index (χ1v) is 19.3. The number of aryl methyl sites for hydroxylation is 2. The highest BCUT2D eigenvalue weighted by molar-refractivity contribution is 5.07. The van der Waals surface area contributed by atoms with Crippen molar-refractivity contribution in [2.45, 2.75) is 226 Å². The van der Waals surface area contributed by atoms with Crippen molar-refractivity contribution in [1.82, 2.24) is 0 Å². The van der Waals surface area contributed by atoms with E-state index in [1.165, 1.54) is 218 Å². The Kier molecular flexibility index (Phi) is 29.9. The summed E-state index contributed by atoms with van der Waals surface area (Å²) in [6, 6.07) is 4.74. The summed E-state index contributed by atoms with van der Waals surface area (Å²) < 4.78 is 2.40. The Bertz CT molecular complexity index is 606. The van der Waals surface area contributed by atoms with Crippen molar-refractivity contribution in [2.24, 2.45) is 0 Å². The SMILES string of the molecule is CCCCCCCCCCCCCCCCCCC[n+]1ccc(CCCCCCCCCCCCCCCC)cc1. The highest BCUT2D eigenvalue weighted by atomic mass is 14.9. The Hall–Kier alpha value is -0.850. The maximum absolute atomic E-state index is 2.40. The second kappa shape index (κ2) is 32.1. The molecule has 1 aromatic heterocycles. The van der Waals surface area contributed by atoms with Gasteiger partial charge in [0.15, 0.2) is 12.4 Å². The first-order valence-electron chi connectivity index (χ1n) is 19.3. The minimum Gasteiger partial charge on any atom is -0.205 e. The van der Waals surface area contributed by atoms with E-state index in [1.54, 1.807) is 0 Å². The minimum absolute atomic E-state index is 1.19. The summed E-state index contributed by atoms with van der Waals surface area (Å²) in [6.45, 7) is 5.80. The number of hydrogen-bond donors (Lipinski definition) is 0. The van der Waals surface area contributed by atoms with E-state index in [1.807, 2.05) is 0 Å². The van der Waals surface area contributed by atoms with Crippen LogP contribution in [-0.4, -0.2) is 0 Å². The summed E-state index contributed by atoms with van der Waals surface area (Å²) in [5.41, 5.74) is 1.53. The fourth-order valence-electron chi connectivity index (χ4n) is 6.35. The zero-order valence-electron chi connectivity index (χ0n) is 28.6. The van der Waals surface area contributed by atoms with Crippen molar-refractivity contribution in [2.75, 3.05) is 0 Å². The Morgan fingerprint density at radius 3 is 0.927 bits per heavy atom. The van der Waals surface area contributed by atoms with E-state index >= 15 is 0 Å². The molecule has 0 saturated heterocycles. The molecule has 0 radical (unpaired) electrons. The van der Waals surface area contributed by atoms with Crippen molar-refractivity contribution in [1.29, 1.82) is 0 Å². The van der Waals surface area contributed by atoms with Crippen molar-refractivity contribution < 1.29 is 4.57 Å². The lowest BCUT2D eigenvalue weighted by Gasteiger charge is -2.04. The van der Waals surface area contributed by atoms with Crippen LogP contribution in [0.15, 0.2) is 24.5 Å². The van der Waals surface area contributed by atoms with Crippen LogP contribution in [0.5, 0.6) is 0 Å². The average Bonchev–Trinajstić information content (AvgIpc) is 2.99. The summed E-state index contributed by atoms with van der Waals surface area (Å²) in [6.07, 6.45) is 50.7. The summed E-state index contributed by atoms with van der Waals surface area (Å²) in [5, 5.41) is 0. The zero-order valence-corrected chi connectivity index (χ0v) is 28.6. The predicted molar refractivity (Wildman–Crippen MR) is 185 cm³/mol. The molecule has 0 fully saturated rings. The third-order valence-corrected chi connectivity index (χ3v) is 9.30. The van der Waals surface area contributed by atoms with E-state index in [-0.39, 0.29) is 0 Å². The maximum atomic E-state index is 2.40. The summed E-state index contributed by atoms with van der Waals surface area (Å²) >= 11 is 0. The molecule has 1 aromatic rings. The standard InChI is InChI=1S/C40H76N/c1-3-5-7-9-11-13-15-17-19-20-21-23-25-27-29-31-33-37-41-38-35-40(36-39-41)34-32-30-28-26-24-22-18-16-14-12-10-8-6-4-2/h35-36,38-39H,3-34,37H2,1-2H3/q+1. The lowest BCUT2D eigenvalue weighted by atomic mass is 10.0. The molecule has 0 spiro atoms. The van der Waals surface area contributed by atoms with Crippen molar-refractivity contribution in [3.8, 4) is 0 Å². The van der Waals surface area contributed by atoms with Gasteiger partial charge in [-0.15, -0.1) is 0 Å².